The number of hydrogen-bond acceptors (Lipinski definition) is 6. The zero-order valence-electron chi connectivity index (χ0n) is 11.8. The van der Waals surface area contributed by atoms with Gasteiger partial charge in [-0.15, -0.1) is 5.10 Å². The lowest BCUT2D eigenvalue weighted by Crippen LogP contribution is -2.39. The van der Waals surface area contributed by atoms with Crippen LogP contribution in [-0.2, 0) is 0 Å². The molecule has 22 heavy (non-hydrogen) atoms. The molecule has 1 aliphatic rings. The van der Waals surface area contributed by atoms with Gasteiger partial charge in [0.25, 0.3) is 5.91 Å². The van der Waals surface area contributed by atoms with Gasteiger partial charge in [0.1, 0.15) is 11.0 Å². The van der Waals surface area contributed by atoms with Crippen molar-refractivity contribution in [2.45, 2.75) is 18.9 Å². The number of carbonyl (C=O) groups excluding carboxylic acids is 1. The molecule has 0 atom stereocenters. The van der Waals surface area contributed by atoms with Crippen LogP contribution >= 0.6 is 11.7 Å². The molecule has 0 saturated carbocycles. The van der Waals surface area contributed by atoms with Gasteiger partial charge in [0, 0.05) is 24.8 Å². The van der Waals surface area contributed by atoms with Crippen LogP contribution in [0.15, 0.2) is 30.6 Å². The molecule has 1 aromatic carbocycles. The molecule has 4 rings (SSSR count). The van der Waals surface area contributed by atoms with Crippen LogP contribution in [-0.4, -0.2) is 47.6 Å². The second kappa shape index (κ2) is 5.45. The van der Waals surface area contributed by atoms with E-state index in [9.17, 15) is 4.79 Å². The van der Waals surface area contributed by atoms with Crippen molar-refractivity contribution in [3.8, 4) is 0 Å². The number of piperidine rings is 1. The number of rotatable bonds is 2. The van der Waals surface area contributed by atoms with E-state index >= 15 is 0 Å². The van der Waals surface area contributed by atoms with Gasteiger partial charge in [0.15, 0.2) is 0 Å². The zero-order chi connectivity index (χ0) is 14.9. The van der Waals surface area contributed by atoms with Crippen LogP contribution in [0, 0.1) is 0 Å². The summed E-state index contributed by atoms with van der Waals surface area (Å²) in [6.45, 7) is 1.47. The van der Waals surface area contributed by atoms with Gasteiger partial charge in [0.05, 0.1) is 24.0 Å². The number of amides is 1. The van der Waals surface area contributed by atoms with Crippen LogP contribution < -0.4 is 0 Å². The maximum absolute atomic E-state index is 12.6. The van der Waals surface area contributed by atoms with Crippen LogP contribution in [0.25, 0.3) is 11.0 Å². The number of benzene rings is 1. The van der Waals surface area contributed by atoms with E-state index in [4.69, 9.17) is 0 Å². The molecule has 0 radical (unpaired) electrons. The Hall–Kier alpha value is -2.35. The summed E-state index contributed by atoms with van der Waals surface area (Å²) in [7, 11) is 0. The van der Waals surface area contributed by atoms with E-state index in [-0.39, 0.29) is 5.91 Å². The summed E-state index contributed by atoms with van der Waals surface area (Å²) in [5.74, 6) is 0.0620. The SMILES string of the molecule is O=C(c1ccc2nsnc2c1)N1CCC(n2ccnn2)CC1. The maximum Gasteiger partial charge on any atom is 0.253 e. The predicted molar refractivity (Wildman–Crippen MR) is 81.6 cm³/mol. The van der Waals surface area contributed by atoms with E-state index in [0.29, 0.717) is 11.6 Å². The first-order valence-corrected chi connectivity index (χ1v) is 7.92. The summed E-state index contributed by atoms with van der Waals surface area (Å²) in [5.41, 5.74) is 2.30. The molecule has 1 aliphatic heterocycles. The molecule has 3 heterocycles. The van der Waals surface area contributed by atoms with E-state index in [1.165, 1.54) is 11.7 Å². The third-order valence-electron chi connectivity index (χ3n) is 4.07. The molecule has 1 amide bonds. The van der Waals surface area contributed by atoms with Crippen molar-refractivity contribution < 1.29 is 4.79 Å². The summed E-state index contributed by atoms with van der Waals surface area (Å²) in [6.07, 6.45) is 5.37. The molecule has 1 fully saturated rings. The molecule has 7 nitrogen and oxygen atoms in total. The average Bonchev–Trinajstić information content (AvgIpc) is 3.25. The normalized spacial score (nSPS) is 16.3. The van der Waals surface area contributed by atoms with E-state index in [1.54, 1.807) is 6.20 Å². The lowest BCUT2D eigenvalue weighted by atomic mass is 10.0. The molecule has 0 spiro atoms. The summed E-state index contributed by atoms with van der Waals surface area (Å²) >= 11 is 1.17. The first-order chi connectivity index (χ1) is 10.8. The highest BCUT2D eigenvalue weighted by Crippen LogP contribution is 2.23. The second-order valence-electron chi connectivity index (χ2n) is 5.37. The van der Waals surface area contributed by atoms with Crippen molar-refractivity contribution in [1.29, 1.82) is 0 Å². The fourth-order valence-corrected chi connectivity index (χ4v) is 3.36. The molecular weight excluding hydrogens is 300 g/mol. The third kappa shape index (κ3) is 2.35. The van der Waals surface area contributed by atoms with Crippen LogP contribution in [0.4, 0.5) is 0 Å². The van der Waals surface area contributed by atoms with E-state index in [1.807, 2.05) is 34.0 Å². The smallest absolute Gasteiger partial charge is 0.253 e. The summed E-state index contributed by atoms with van der Waals surface area (Å²) in [5, 5.41) is 7.89. The summed E-state index contributed by atoms with van der Waals surface area (Å²) < 4.78 is 10.2. The molecule has 112 valence electrons. The Morgan fingerprint density at radius 2 is 2.00 bits per heavy atom. The highest BCUT2D eigenvalue weighted by molar-refractivity contribution is 7.00. The Labute approximate surface area is 130 Å². The monoisotopic (exact) mass is 314 g/mol. The minimum atomic E-state index is 0.0620. The Bertz CT molecular complexity index is 791. The van der Waals surface area contributed by atoms with Crippen molar-refractivity contribution in [3.63, 3.8) is 0 Å². The highest BCUT2D eigenvalue weighted by Gasteiger charge is 2.25. The fraction of sp³-hybridized carbons (Fsp3) is 0.357. The van der Waals surface area contributed by atoms with Crippen LogP contribution in [0.1, 0.15) is 29.2 Å². The van der Waals surface area contributed by atoms with Gasteiger partial charge in [0.2, 0.25) is 0 Å². The van der Waals surface area contributed by atoms with E-state index < -0.39 is 0 Å². The number of carbonyl (C=O) groups is 1. The number of likely N-dealkylation sites (tertiary alicyclic amines) is 1. The van der Waals surface area contributed by atoms with Crippen LogP contribution in [0.5, 0.6) is 0 Å². The van der Waals surface area contributed by atoms with Gasteiger partial charge in [-0.25, -0.2) is 4.68 Å². The number of nitrogens with zero attached hydrogens (tertiary/aromatic N) is 6. The molecule has 0 aliphatic carbocycles. The maximum atomic E-state index is 12.6. The predicted octanol–water partition coefficient (Wildman–Crippen LogP) is 1.76. The standard InChI is InChI=1S/C14H14N6OS/c21-14(10-1-2-12-13(9-10)17-22-16-12)19-6-3-11(4-7-19)20-8-5-15-18-20/h1-2,5,8-9,11H,3-4,6-7H2. The second-order valence-corrected chi connectivity index (χ2v) is 5.90. The highest BCUT2D eigenvalue weighted by atomic mass is 32.1. The van der Waals surface area contributed by atoms with Gasteiger partial charge in [-0.2, -0.15) is 8.75 Å². The molecule has 0 N–H and O–H groups in total. The number of fused-ring (bicyclic) bond motifs is 1. The van der Waals surface area contributed by atoms with Gasteiger partial charge in [-0.05, 0) is 31.0 Å². The summed E-state index contributed by atoms with van der Waals surface area (Å²) in [6, 6.07) is 5.84. The molecular formula is C14H14N6OS. The molecule has 8 heteroatoms. The van der Waals surface area contributed by atoms with Crippen molar-refractivity contribution in [3.05, 3.63) is 36.2 Å². The van der Waals surface area contributed by atoms with Crippen molar-refractivity contribution >= 4 is 28.7 Å². The zero-order valence-corrected chi connectivity index (χ0v) is 12.6. The van der Waals surface area contributed by atoms with Crippen molar-refractivity contribution in [1.82, 2.24) is 28.6 Å². The molecule has 0 bridgehead atoms. The van der Waals surface area contributed by atoms with Crippen molar-refractivity contribution in [2.75, 3.05) is 13.1 Å². The summed E-state index contributed by atoms with van der Waals surface area (Å²) in [4.78, 5) is 14.5. The largest absolute Gasteiger partial charge is 0.338 e. The van der Waals surface area contributed by atoms with Crippen molar-refractivity contribution in [2.24, 2.45) is 0 Å². The lowest BCUT2D eigenvalue weighted by Gasteiger charge is -2.31. The quantitative estimate of drug-likeness (QED) is 0.720. The Kier molecular flexibility index (Phi) is 3.30. The Balaban J connectivity index is 1.47. The lowest BCUT2D eigenvalue weighted by molar-refractivity contribution is 0.0689. The minimum absolute atomic E-state index is 0.0620. The Morgan fingerprint density at radius 1 is 1.18 bits per heavy atom. The minimum Gasteiger partial charge on any atom is -0.338 e. The third-order valence-corrected chi connectivity index (χ3v) is 4.62. The fourth-order valence-electron chi connectivity index (χ4n) is 2.84. The molecule has 2 aromatic heterocycles. The first-order valence-electron chi connectivity index (χ1n) is 7.19. The van der Waals surface area contributed by atoms with Crippen LogP contribution in [0.2, 0.25) is 0 Å². The van der Waals surface area contributed by atoms with E-state index in [2.05, 4.69) is 19.1 Å². The molecule has 0 unspecified atom stereocenters. The number of aromatic nitrogens is 5. The van der Waals surface area contributed by atoms with Gasteiger partial charge >= 0.3 is 0 Å². The Morgan fingerprint density at radius 3 is 2.77 bits per heavy atom. The molecule has 1 saturated heterocycles. The topological polar surface area (TPSA) is 76.8 Å². The van der Waals surface area contributed by atoms with Crippen LogP contribution in [0.3, 0.4) is 0 Å². The number of hydrogen-bond donors (Lipinski definition) is 0. The van der Waals surface area contributed by atoms with E-state index in [0.717, 1.165) is 37.0 Å². The van der Waals surface area contributed by atoms with Gasteiger partial charge in [-0.3, -0.25) is 4.79 Å². The van der Waals surface area contributed by atoms with Gasteiger partial charge < -0.3 is 4.90 Å². The molecule has 3 aromatic rings. The van der Waals surface area contributed by atoms with Gasteiger partial charge in [-0.1, -0.05) is 5.21 Å². The first kappa shape index (κ1) is 13.3. The average molecular weight is 314 g/mol.